The van der Waals surface area contributed by atoms with Crippen molar-refractivity contribution in [2.24, 2.45) is 17.8 Å². The minimum Gasteiger partial charge on any atom is -0.497 e. The third-order valence-electron chi connectivity index (χ3n) is 4.64. The fraction of sp³-hybridized carbons (Fsp3) is 0.444. The van der Waals surface area contributed by atoms with Gasteiger partial charge in [0.05, 0.1) is 25.7 Å². The second-order valence-corrected chi connectivity index (χ2v) is 5.98. The molecule has 2 aliphatic carbocycles. The summed E-state index contributed by atoms with van der Waals surface area (Å²) in [5, 5.41) is 0. The predicted molar refractivity (Wildman–Crippen MR) is 83.7 cm³/mol. The van der Waals surface area contributed by atoms with Gasteiger partial charge in [-0.1, -0.05) is 12.2 Å². The average molecular weight is 316 g/mol. The standard InChI is InChI=1S/C18H20O5/c1-21-13-5-6-14(17(9-13)22-2)16(19)10-23-18(20)15-8-11-3-4-12(15)7-11/h3-6,9,11-12,15H,7-8,10H2,1-2H3. The number of allylic oxidation sites excluding steroid dienone is 2. The van der Waals surface area contributed by atoms with Crippen molar-refractivity contribution in [1.82, 2.24) is 0 Å². The molecule has 5 nitrogen and oxygen atoms in total. The minimum atomic E-state index is -0.281. The number of ketones is 1. The van der Waals surface area contributed by atoms with Crippen LogP contribution in [-0.4, -0.2) is 32.6 Å². The molecule has 2 aliphatic rings. The van der Waals surface area contributed by atoms with Crippen molar-refractivity contribution in [2.45, 2.75) is 12.8 Å². The summed E-state index contributed by atoms with van der Waals surface area (Å²) in [5.41, 5.74) is 0.383. The molecule has 0 spiro atoms. The van der Waals surface area contributed by atoms with E-state index in [1.807, 2.05) is 0 Å². The lowest BCUT2D eigenvalue weighted by Gasteiger charge is -2.16. The van der Waals surface area contributed by atoms with Crippen LogP contribution in [0.5, 0.6) is 11.5 Å². The highest BCUT2D eigenvalue weighted by atomic mass is 16.5. The fourth-order valence-corrected chi connectivity index (χ4v) is 3.40. The molecule has 1 saturated carbocycles. The molecule has 0 heterocycles. The summed E-state index contributed by atoms with van der Waals surface area (Å²) < 4.78 is 15.5. The van der Waals surface area contributed by atoms with Crippen molar-refractivity contribution >= 4 is 11.8 Å². The van der Waals surface area contributed by atoms with Gasteiger partial charge in [0.25, 0.3) is 0 Å². The summed E-state index contributed by atoms with van der Waals surface area (Å²) in [6, 6.07) is 4.93. The molecule has 5 heteroatoms. The van der Waals surface area contributed by atoms with Crippen molar-refractivity contribution in [3.63, 3.8) is 0 Å². The molecule has 0 aliphatic heterocycles. The lowest BCUT2D eigenvalue weighted by atomic mass is 9.94. The number of methoxy groups -OCH3 is 2. The number of ether oxygens (including phenoxy) is 3. The Hall–Kier alpha value is -2.30. The second-order valence-electron chi connectivity index (χ2n) is 5.98. The van der Waals surface area contributed by atoms with Crippen molar-refractivity contribution in [3.8, 4) is 11.5 Å². The van der Waals surface area contributed by atoms with E-state index in [1.165, 1.54) is 7.11 Å². The molecule has 0 radical (unpaired) electrons. The quantitative estimate of drug-likeness (QED) is 0.459. The molecule has 1 fully saturated rings. The van der Waals surface area contributed by atoms with Crippen LogP contribution < -0.4 is 9.47 Å². The highest BCUT2D eigenvalue weighted by molar-refractivity contribution is 6.00. The number of carbonyl (C=O) groups excluding carboxylic acids is 2. The van der Waals surface area contributed by atoms with Gasteiger partial charge < -0.3 is 14.2 Å². The van der Waals surface area contributed by atoms with Gasteiger partial charge in [0, 0.05) is 6.07 Å². The Morgan fingerprint density at radius 2 is 1.96 bits per heavy atom. The van der Waals surface area contributed by atoms with Crippen LogP contribution in [0, 0.1) is 17.8 Å². The molecule has 3 rings (SSSR count). The van der Waals surface area contributed by atoms with Crippen LogP contribution in [0.25, 0.3) is 0 Å². The Kier molecular flexibility index (Phi) is 4.37. The van der Waals surface area contributed by atoms with E-state index in [2.05, 4.69) is 12.2 Å². The van der Waals surface area contributed by atoms with E-state index < -0.39 is 0 Å². The van der Waals surface area contributed by atoms with E-state index in [0.29, 0.717) is 23.0 Å². The van der Waals surface area contributed by atoms with Gasteiger partial charge in [0.15, 0.2) is 6.61 Å². The zero-order chi connectivity index (χ0) is 16.4. The normalized spacial score (nSPS) is 24.5. The maximum Gasteiger partial charge on any atom is 0.310 e. The zero-order valence-corrected chi connectivity index (χ0v) is 13.3. The van der Waals surface area contributed by atoms with Crippen LogP contribution >= 0.6 is 0 Å². The molecule has 3 unspecified atom stereocenters. The summed E-state index contributed by atoms with van der Waals surface area (Å²) in [4.78, 5) is 24.5. The number of carbonyl (C=O) groups is 2. The topological polar surface area (TPSA) is 61.8 Å². The maximum absolute atomic E-state index is 12.3. The number of esters is 1. The van der Waals surface area contributed by atoms with E-state index in [0.717, 1.165) is 12.8 Å². The maximum atomic E-state index is 12.3. The smallest absolute Gasteiger partial charge is 0.310 e. The molecule has 0 saturated heterocycles. The highest BCUT2D eigenvalue weighted by Gasteiger charge is 2.40. The number of hydrogen-bond donors (Lipinski definition) is 0. The summed E-state index contributed by atoms with van der Waals surface area (Å²) in [5.74, 6) is 1.13. The van der Waals surface area contributed by atoms with Gasteiger partial charge in [0.2, 0.25) is 5.78 Å². The monoisotopic (exact) mass is 316 g/mol. The number of rotatable bonds is 6. The third-order valence-corrected chi connectivity index (χ3v) is 4.64. The van der Waals surface area contributed by atoms with Gasteiger partial charge in [-0.25, -0.2) is 0 Å². The first-order valence-corrected chi connectivity index (χ1v) is 7.72. The van der Waals surface area contributed by atoms with Crippen molar-refractivity contribution in [2.75, 3.05) is 20.8 Å². The molecule has 0 aromatic heterocycles. The largest absolute Gasteiger partial charge is 0.497 e. The SMILES string of the molecule is COc1ccc(C(=O)COC(=O)C2CC3C=CC2C3)c(OC)c1. The van der Waals surface area contributed by atoms with E-state index in [4.69, 9.17) is 14.2 Å². The van der Waals surface area contributed by atoms with Crippen LogP contribution in [0.4, 0.5) is 0 Å². The average Bonchev–Trinajstić information content (AvgIpc) is 3.22. The van der Waals surface area contributed by atoms with Crippen molar-refractivity contribution in [3.05, 3.63) is 35.9 Å². The van der Waals surface area contributed by atoms with Gasteiger partial charge >= 0.3 is 5.97 Å². The lowest BCUT2D eigenvalue weighted by molar-refractivity contribution is -0.148. The Morgan fingerprint density at radius 3 is 2.57 bits per heavy atom. The molecule has 0 N–H and O–H groups in total. The highest BCUT2D eigenvalue weighted by Crippen LogP contribution is 2.43. The van der Waals surface area contributed by atoms with Crippen LogP contribution in [0.2, 0.25) is 0 Å². The first kappa shape index (κ1) is 15.6. The molecule has 3 atom stereocenters. The van der Waals surface area contributed by atoms with E-state index in [-0.39, 0.29) is 30.2 Å². The zero-order valence-electron chi connectivity index (χ0n) is 13.3. The molecular weight excluding hydrogens is 296 g/mol. The van der Waals surface area contributed by atoms with Gasteiger partial charge in [-0.3, -0.25) is 9.59 Å². The molecule has 1 aromatic rings. The Balaban J connectivity index is 1.61. The van der Waals surface area contributed by atoms with Gasteiger partial charge in [0.1, 0.15) is 11.5 Å². The number of fused-ring (bicyclic) bond motifs is 2. The third kappa shape index (κ3) is 3.09. The Morgan fingerprint density at radius 1 is 1.13 bits per heavy atom. The molecule has 23 heavy (non-hydrogen) atoms. The van der Waals surface area contributed by atoms with E-state index in [1.54, 1.807) is 25.3 Å². The van der Waals surface area contributed by atoms with Gasteiger partial charge in [-0.15, -0.1) is 0 Å². The predicted octanol–water partition coefficient (Wildman–Crippen LogP) is 2.64. The van der Waals surface area contributed by atoms with Crippen molar-refractivity contribution in [1.29, 1.82) is 0 Å². The van der Waals surface area contributed by atoms with Crippen molar-refractivity contribution < 1.29 is 23.8 Å². The minimum absolute atomic E-state index is 0.101. The molecule has 1 aromatic carbocycles. The molecule has 122 valence electrons. The lowest BCUT2D eigenvalue weighted by Crippen LogP contribution is -2.24. The number of hydrogen-bond acceptors (Lipinski definition) is 5. The van der Waals surface area contributed by atoms with Crippen LogP contribution in [0.3, 0.4) is 0 Å². The summed E-state index contributed by atoms with van der Waals surface area (Å²) in [6.45, 7) is -0.265. The van der Waals surface area contributed by atoms with E-state index in [9.17, 15) is 9.59 Å². The molecule has 0 amide bonds. The summed E-state index contributed by atoms with van der Waals surface area (Å²) >= 11 is 0. The first-order chi connectivity index (χ1) is 11.1. The Labute approximate surface area is 135 Å². The number of Topliss-reactive ketones (excluding diaryl/α,β-unsaturated/α-hetero) is 1. The van der Waals surface area contributed by atoms with Crippen LogP contribution in [-0.2, 0) is 9.53 Å². The van der Waals surface area contributed by atoms with Gasteiger partial charge in [-0.05, 0) is 36.8 Å². The number of benzene rings is 1. The summed E-state index contributed by atoms with van der Waals surface area (Å²) in [6.07, 6.45) is 6.12. The van der Waals surface area contributed by atoms with E-state index >= 15 is 0 Å². The van der Waals surface area contributed by atoms with Crippen LogP contribution in [0.15, 0.2) is 30.4 Å². The Bertz CT molecular complexity index is 649. The molecule has 2 bridgehead atoms. The fourth-order valence-electron chi connectivity index (χ4n) is 3.40. The molecular formula is C18H20O5. The first-order valence-electron chi connectivity index (χ1n) is 7.72. The second kappa shape index (κ2) is 6.44. The summed E-state index contributed by atoms with van der Waals surface area (Å²) in [7, 11) is 3.03. The van der Waals surface area contributed by atoms with Crippen LogP contribution in [0.1, 0.15) is 23.2 Å². The van der Waals surface area contributed by atoms with Gasteiger partial charge in [-0.2, -0.15) is 0 Å².